The van der Waals surface area contributed by atoms with Gasteiger partial charge in [0.1, 0.15) is 12.4 Å². The lowest BCUT2D eigenvalue weighted by Gasteiger charge is -2.09. The van der Waals surface area contributed by atoms with Crippen LogP contribution in [0, 0.1) is 0 Å². The maximum Gasteiger partial charge on any atom is 0.345 e. The van der Waals surface area contributed by atoms with Crippen molar-refractivity contribution in [3.8, 4) is 0 Å². The molecule has 0 atom stereocenters. The molecule has 0 saturated carbocycles. The van der Waals surface area contributed by atoms with Gasteiger partial charge in [0.05, 0.1) is 17.2 Å². The monoisotopic (exact) mass is 460 g/mol. The van der Waals surface area contributed by atoms with Crippen LogP contribution in [0.1, 0.15) is 25.1 Å². The van der Waals surface area contributed by atoms with E-state index in [4.69, 9.17) is 0 Å². The van der Waals surface area contributed by atoms with Gasteiger partial charge >= 0.3 is 5.69 Å². The lowest BCUT2D eigenvalue weighted by Crippen LogP contribution is -2.34. The fourth-order valence-corrected chi connectivity index (χ4v) is 3.87. The molecule has 152 valence electrons. The van der Waals surface area contributed by atoms with Crippen LogP contribution in [0.25, 0.3) is 10.9 Å². The number of aromatic nitrogens is 5. The van der Waals surface area contributed by atoms with Crippen molar-refractivity contribution in [1.29, 1.82) is 0 Å². The highest BCUT2D eigenvalue weighted by molar-refractivity contribution is 9.10. The molecule has 10 heteroatoms. The van der Waals surface area contributed by atoms with Crippen LogP contribution in [-0.2, 0) is 30.8 Å². The van der Waals surface area contributed by atoms with E-state index in [1.807, 2.05) is 6.07 Å². The van der Waals surface area contributed by atoms with Gasteiger partial charge in [-0.2, -0.15) is 5.10 Å². The third kappa shape index (κ3) is 4.16. The Kier molecular flexibility index (Phi) is 5.61. The molecule has 1 aliphatic rings. The lowest BCUT2D eigenvalue weighted by molar-refractivity contribution is -0.121. The lowest BCUT2D eigenvalue weighted by atomic mass is 10.2. The van der Waals surface area contributed by atoms with Crippen LogP contribution in [0.15, 0.2) is 38.6 Å². The van der Waals surface area contributed by atoms with E-state index < -0.39 is 0 Å². The van der Waals surface area contributed by atoms with E-state index in [1.165, 1.54) is 15.6 Å². The summed E-state index contributed by atoms with van der Waals surface area (Å²) in [6, 6.07) is 5.26. The highest BCUT2D eigenvalue weighted by atomic mass is 79.9. The molecule has 0 unspecified atom stereocenters. The Balaban J connectivity index is 1.32. The molecule has 9 nitrogen and oxygen atoms in total. The highest BCUT2D eigenvalue weighted by Gasteiger charge is 2.16. The minimum absolute atomic E-state index is 0.0778. The minimum atomic E-state index is -0.278. The number of hydrogen-bond acceptors (Lipinski definition) is 5. The molecule has 0 radical (unpaired) electrons. The van der Waals surface area contributed by atoms with E-state index in [-0.39, 0.29) is 23.7 Å². The first kappa shape index (κ1) is 19.6. The number of benzene rings is 1. The molecule has 1 aromatic carbocycles. The van der Waals surface area contributed by atoms with Crippen molar-refractivity contribution < 1.29 is 4.79 Å². The molecule has 0 aliphatic carbocycles. The second kappa shape index (κ2) is 8.32. The van der Waals surface area contributed by atoms with Crippen LogP contribution in [0.4, 0.5) is 0 Å². The average molecular weight is 461 g/mol. The summed E-state index contributed by atoms with van der Waals surface area (Å²) < 4.78 is 5.28. The Morgan fingerprint density at radius 3 is 2.93 bits per heavy atom. The molecule has 1 aliphatic heterocycles. The Hall–Kier alpha value is -2.75. The topological polar surface area (TPSA) is 104 Å². The molecule has 3 heterocycles. The summed E-state index contributed by atoms with van der Waals surface area (Å²) >= 11 is 3.34. The van der Waals surface area contributed by atoms with Crippen LogP contribution >= 0.6 is 15.9 Å². The molecule has 2 aromatic heterocycles. The summed E-state index contributed by atoms with van der Waals surface area (Å²) in [6.45, 7) is 1.47. The van der Waals surface area contributed by atoms with Crippen LogP contribution in [0.2, 0.25) is 0 Å². The smallest absolute Gasteiger partial charge is 0.345 e. The maximum atomic E-state index is 12.5. The largest absolute Gasteiger partial charge is 0.354 e. The van der Waals surface area contributed by atoms with Crippen molar-refractivity contribution >= 4 is 32.7 Å². The number of carbonyl (C=O) groups is 1. The number of nitrogens with zero attached hydrogens (tertiary/aromatic N) is 5. The highest BCUT2D eigenvalue weighted by Crippen LogP contribution is 2.14. The van der Waals surface area contributed by atoms with Gasteiger partial charge in [-0.25, -0.2) is 14.5 Å². The summed E-state index contributed by atoms with van der Waals surface area (Å²) in [5.41, 5.74) is 0.246. The third-order valence-corrected chi connectivity index (χ3v) is 5.49. The van der Waals surface area contributed by atoms with Gasteiger partial charge < -0.3 is 5.32 Å². The number of halogens is 1. The number of carbonyl (C=O) groups excluding carboxylic acids is 1. The molecule has 1 amide bonds. The SMILES string of the molecule is O=C(Cn1cnc2ccc(Br)cc2c1=O)NCCCn1nc2n(c1=O)CCCC2. The number of aryl methyl sites for hydroxylation is 2. The first-order valence-electron chi connectivity index (χ1n) is 9.61. The summed E-state index contributed by atoms with van der Waals surface area (Å²) in [7, 11) is 0. The van der Waals surface area contributed by atoms with Crippen LogP contribution in [0.3, 0.4) is 0 Å². The van der Waals surface area contributed by atoms with Gasteiger partial charge in [-0.05, 0) is 37.5 Å². The molecule has 0 saturated heterocycles. The van der Waals surface area contributed by atoms with Crippen molar-refractivity contribution in [3.05, 3.63) is 55.7 Å². The summed E-state index contributed by atoms with van der Waals surface area (Å²) in [5, 5.41) is 7.62. The zero-order chi connectivity index (χ0) is 20.4. The predicted octanol–water partition coefficient (Wildman–Crippen LogP) is 1.06. The van der Waals surface area contributed by atoms with Gasteiger partial charge in [-0.1, -0.05) is 15.9 Å². The molecule has 29 heavy (non-hydrogen) atoms. The maximum absolute atomic E-state index is 12.5. The zero-order valence-electron chi connectivity index (χ0n) is 15.8. The molecule has 3 aromatic rings. The normalized spacial score (nSPS) is 13.4. The van der Waals surface area contributed by atoms with Crippen molar-refractivity contribution in [2.75, 3.05) is 6.54 Å². The number of amides is 1. The van der Waals surface area contributed by atoms with E-state index in [2.05, 4.69) is 31.3 Å². The van der Waals surface area contributed by atoms with Gasteiger partial charge in [0.25, 0.3) is 5.56 Å². The van der Waals surface area contributed by atoms with E-state index in [0.717, 1.165) is 36.1 Å². The zero-order valence-corrected chi connectivity index (χ0v) is 17.4. The van der Waals surface area contributed by atoms with Crippen LogP contribution in [-0.4, -0.2) is 36.4 Å². The standard InChI is InChI=1S/C19H21BrN6O3/c20-13-5-6-15-14(10-13)18(28)24(12-22-15)11-17(27)21-7-3-9-26-19(29)25-8-2-1-4-16(25)23-26/h5-6,10,12H,1-4,7-9,11H2,(H,21,27). The van der Waals surface area contributed by atoms with Crippen LogP contribution < -0.4 is 16.6 Å². The number of nitrogens with one attached hydrogen (secondary N) is 1. The van der Waals surface area contributed by atoms with Gasteiger partial charge in [0.2, 0.25) is 5.91 Å². The second-order valence-corrected chi connectivity index (χ2v) is 7.99. The quantitative estimate of drug-likeness (QED) is 0.553. The summed E-state index contributed by atoms with van der Waals surface area (Å²) in [4.78, 5) is 41.3. The Labute approximate surface area is 174 Å². The Morgan fingerprint density at radius 1 is 1.24 bits per heavy atom. The molecule has 0 fully saturated rings. The predicted molar refractivity (Wildman–Crippen MR) is 111 cm³/mol. The van der Waals surface area contributed by atoms with Crippen molar-refractivity contribution in [2.45, 2.75) is 45.3 Å². The molecule has 1 N–H and O–H groups in total. The summed E-state index contributed by atoms with van der Waals surface area (Å²) in [6.07, 6.45) is 4.87. The first-order valence-corrected chi connectivity index (χ1v) is 10.4. The van der Waals surface area contributed by atoms with Crippen molar-refractivity contribution in [1.82, 2.24) is 29.2 Å². The Morgan fingerprint density at radius 2 is 2.10 bits per heavy atom. The molecule has 4 rings (SSSR count). The van der Waals surface area contributed by atoms with E-state index >= 15 is 0 Å². The summed E-state index contributed by atoms with van der Waals surface area (Å²) in [5.74, 6) is 0.569. The third-order valence-electron chi connectivity index (χ3n) is 5.00. The average Bonchev–Trinajstić information content (AvgIpc) is 3.04. The molecular formula is C19H21BrN6O3. The molecular weight excluding hydrogens is 440 g/mol. The Bertz CT molecular complexity index is 1180. The molecule has 0 spiro atoms. The van der Waals surface area contributed by atoms with E-state index in [0.29, 0.717) is 30.4 Å². The fourth-order valence-electron chi connectivity index (χ4n) is 3.51. The van der Waals surface area contributed by atoms with Crippen molar-refractivity contribution in [2.24, 2.45) is 0 Å². The van der Waals surface area contributed by atoms with E-state index in [9.17, 15) is 14.4 Å². The van der Waals surface area contributed by atoms with Gasteiger partial charge in [0, 0.05) is 30.5 Å². The first-order chi connectivity index (χ1) is 14.0. The second-order valence-electron chi connectivity index (χ2n) is 7.07. The number of fused-ring (bicyclic) bond motifs is 2. The van der Waals surface area contributed by atoms with Crippen LogP contribution in [0.5, 0.6) is 0 Å². The number of rotatable bonds is 6. The molecule has 0 bridgehead atoms. The van der Waals surface area contributed by atoms with Gasteiger partial charge in [-0.3, -0.25) is 18.7 Å². The van der Waals surface area contributed by atoms with E-state index in [1.54, 1.807) is 16.7 Å². The minimum Gasteiger partial charge on any atom is -0.354 e. The van der Waals surface area contributed by atoms with Gasteiger partial charge in [-0.15, -0.1) is 0 Å². The van der Waals surface area contributed by atoms with Crippen molar-refractivity contribution in [3.63, 3.8) is 0 Å². The van der Waals surface area contributed by atoms with Gasteiger partial charge in [0.15, 0.2) is 0 Å². The fraction of sp³-hybridized carbons (Fsp3) is 0.421. The number of hydrogen-bond donors (Lipinski definition) is 1.